The van der Waals surface area contributed by atoms with Crippen LogP contribution in [-0.4, -0.2) is 6.17 Å². The van der Waals surface area contributed by atoms with Crippen molar-refractivity contribution in [3.63, 3.8) is 0 Å². The summed E-state index contributed by atoms with van der Waals surface area (Å²) in [5, 5.41) is 0. The van der Waals surface area contributed by atoms with Gasteiger partial charge in [0.05, 0.1) is 0 Å². The molecule has 5 unspecified atom stereocenters. The van der Waals surface area contributed by atoms with E-state index >= 15 is 0 Å². The average Bonchev–Trinajstić information content (AvgIpc) is 2.79. The second-order valence-electron chi connectivity index (χ2n) is 12.6. The molecular formula is C32H59F. The van der Waals surface area contributed by atoms with E-state index in [1.54, 1.807) is 11.1 Å². The average molecular weight is 463 g/mol. The van der Waals surface area contributed by atoms with Crippen LogP contribution in [0.15, 0.2) is 23.3 Å². The molecule has 5 atom stereocenters. The molecule has 0 radical (unpaired) electrons. The second-order valence-corrected chi connectivity index (χ2v) is 12.6. The minimum atomic E-state index is -0.520. The molecular weight excluding hydrogens is 403 g/mol. The van der Waals surface area contributed by atoms with E-state index in [0.29, 0.717) is 11.8 Å². The summed E-state index contributed by atoms with van der Waals surface area (Å²) in [7, 11) is 0. The van der Waals surface area contributed by atoms with Crippen molar-refractivity contribution in [3.8, 4) is 0 Å². The fourth-order valence-corrected chi connectivity index (χ4v) is 5.08. The standard InChI is InChI=1S/C8H15F.C8H16.2C8H14/c1-6-3-4-7(2)8(9)5-6;3*1-7-3-5-8(2)6-4-7/h6-8H,3-5H2,1-2H3;7-8H,3-6H2,1-2H3;2*3,8H,4-6H2,1-2H3. The molecule has 2 saturated carbocycles. The van der Waals surface area contributed by atoms with Gasteiger partial charge < -0.3 is 0 Å². The first-order valence-electron chi connectivity index (χ1n) is 14.5. The summed E-state index contributed by atoms with van der Waals surface area (Å²) in [5.74, 6) is 4.87. The Morgan fingerprint density at radius 2 is 0.939 bits per heavy atom. The van der Waals surface area contributed by atoms with Gasteiger partial charge in [-0.25, -0.2) is 4.39 Å². The lowest BCUT2D eigenvalue weighted by molar-refractivity contribution is 0.145. The molecule has 0 heterocycles. The van der Waals surface area contributed by atoms with E-state index < -0.39 is 6.17 Å². The molecule has 1 heteroatoms. The van der Waals surface area contributed by atoms with Crippen LogP contribution in [0.4, 0.5) is 4.39 Å². The van der Waals surface area contributed by atoms with Crippen molar-refractivity contribution in [2.45, 2.75) is 145 Å². The SMILES string of the molecule is CC1=CCC(C)CC1.CC1=CCC(C)CC1.CC1CCC(C)C(F)C1.CC1CCC(C)CC1. The van der Waals surface area contributed by atoms with E-state index in [1.165, 1.54) is 70.6 Å². The van der Waals surface area contributed by atoms with E-state index in [9.17, 15) is 4.39 Å². The highest BCUT2D eigenvalue weighted by atomic mass is 19.1. The van der Waals surface area contributed by atoms with E-state index in [1.807, 2.05) is 6.92 Å². The van der Waals surface area contributed by atoms with Gasteiger partial charge in [-0.3, -0.25) is 0 Å². The smallest absolute Gasteiger partial charge is 0.103 e. The lowest BCUT2D eigenvalue weighted by atomic mass is 9.83. The molecule has 4 aliphatic rings. The Bertz CT molecular complexity index is 513. The van der Waals surface area contributed by atoms with Crippen LogP contribution in [0.5, 0.6) is 0 Å². The molecule has 4 aliphatic carbocycles. The van der Waals surface area contributed by atoms with Gasteiger partial charge in [-0.2, -0.15) is 0 Å². The van der Waals surface area contributed by atoms with Gasteiger partial charge in [-0.15, -0.1) is 0 Å². The van der Waals surface area contributed by atoms with Crippen LogP contribution in [0, 0.1) is 35.5 Å². The van der Waals surface area contributed by atoms with Crippen molar-refractivity contribution >= 4 is 0 Å². The number of allylic oxidation sites excluding steroid dienone is 4. The molecule has 0 spiro atoms. The monoisotopic (exact) mass is 462 g/mol. The van der Waals surface area contributed by atoms with Crippen LogP contribution in [0.3, 0.4) is 0 Å². The van der Waals surface area contributed by atoms with Gasteiger partial charge in [0.25, 0.3) is 0 Å². The summed E-state index contributed by atoms with van der Waals surface area (Å²) in [4.78, 5) is 0. The zero-order valence-electron chi connectivity index (χ0n) is 23.8. The van der Waals surface area contributed by atoms with Crippen molar-refractivity contribution in [2.75, 3.05) is 0 Å². The molecule has 33 heavy (non-hydrogen) atoms. The first kappa shape index (κ1) is 30.4. The van der Waals surface area contributed by atoms with Gasteiger partial charge in [0.1, 0.15) is 6.17 Å². The lowest BCUT2D eigenvalue weighted by Gasteiger charge is -2.26. The second kappa shape index (κ2) is 16.9. The number of hydrogen-bond donors (Lipinski definition) is 0. The van der Waals surface area contributed by atoms with Crippen molar-refractivity contribution in [2.24, 2.45) is 35.5 Å². The topological polar surface area (TPSA) is 0 Å². The maximum absolute atomic E-state index is 12.8. The quantitative estimate of drug-likeness (QED) is 0.314. The summed E-state index contributed by atoms with van der Waals surface area (Å²) in [5.41, 5.74) is 3.17. The number of alkyl halides is 1. The normalized spacial score (nSPS) is 36.3. The van der Waals surface area contributed by atoms with Gasteiger partial charge in [-0.05, 0) is 101 Å². The Balaban J connectivity index is 0.000000220. The van der Waals surface area contributed by atoms with Crippen LogP contribution < -0.4 is 0 Å². The van der Waals surface area contributed by atoms with Crippen LogP contribution in [0.25, 0.3) is 0 Å². The summed E-state index contributed by atoms with van der Waals surface area (Å²) in [6.45, 7) is 18.0. The van der Waals surface area contributed by atoms with Gasteiger partial charge >= 0.3 is 0 Å². The highest BCUT2D eigenvalue weighted by Crippen LogP contribution is 2.30. The maximum atomic E-state index is 12.8. The predicted octanol–water partition coefficient (Wildman–Crippen LogP) is 11.1. The zero-order valence-corrected chi connectivity index (χ0v) is 23.8. The zero-order chi connectivity index (χ0) is 24.8. The van der Waals surface area contributed by atoms with Gasteiger partial charge in [-0.1, -0.05) is 96.9 Å². The molecule has 0 bridgehead atoms. The third-order valence-electron chi connectivity index (χ3n) is 8.46. The first-order valence-corrected chi connectivity index (χ1v) is 14.5. The molecule has 0 saturated heterocycles. The first-order chi connectivity index (χ1) is 15.6. The fraction of sp³-hybridized carbons (Fsp3) is 0.875. The number of hydrogen-bond acceptors (Lipinski definition) is 0. The van der Waals surface area contributed by atoms with Crippen molar-refractivity contribution in [1.29, 1.82) is 0 Å². The summed E-state index contributed by atoms with van der Waals surface area (Å²) >= 11 is 0. The number of halogens is 1. The van der Waals surface area contributed by atoms with Crippen molar-refractivity contribution in [3.05, 3.63) is 23.3 Å². The Hall–Kier alpha value is -0.590. The third-order valence-corrected chi connectivity index (χ3v) is 8.46. The molecule has 2 fully saturated rings. The fourth-order valence-electron chi connectivity index (χ4n) is 5.08. The minimum Gasteiger partial charge on any atom is -0.247 e. The molecule has 0 aromatic carbocycles. The third kappa shape index (κ3) is 15.1. The Kier molecular flexibility index (Phi) is 15.6. The van der Waals surface area contributed by atoms with Crippen LogP contribution in [-0.2, 0) is 0 Å². The van der Waals surface area contributed by atoms with Crippen LogP contribution in [0.1, 0.15) is 139 Å². The predicted molar refractivity (Wildman–Crippen MR) is 147 cm³/mol. The molecule has 194 valence electrons. The van der Waals surface area contributed by atoms with E-state index in [4.69, 9.17) is 0 Å². The van der Waals surface area contributed by atoms with Crippen molar-refractivity contribution in [1.82, 2.24) is 0 Å². The number of rotatable bonds is 0. The minimum absolute atomic E-state index is 0.321. The molecule has 4 rings (SSSR count). The van der Waals surface area contributed by atoms with E-state index in [2.05, 4.69) is 60.6 Å². The molecule has 0 N–H and O–H groups in total. The van der Waals surface area contributed by atoms with E-state index in [0.717, 1.165) is 36.5 Å². The Morgan fingerprint density at radius 3 is 1.21 bits per heavy atom. The van der Waals surface area contributed by atoms with Gasteiger partial charge in [0.15, 0.2) is 0 Å². The molecule has 0 aromatic rings. The van der Waals surface area contributed by atoms with Crippen molar-refractivity contribution < 1.29 is 4.39 Å². The van der Waals surface area contributed by atoms with Crippen LogP contribution >= 0.6 is 0 Å². The largest absolute Gasteiger partial charge is 0.247 e. The van der Waals surface area contributed by atoms with Gasteiger partial charge in [0, 0.05) is 0 Å². The molecule has 0 aliphatic heterocycles. The lowest BCUT2D eigenvalue weighted by Crippen LogP contribution is -2.22. The van der Waals surface area contributed by atoms with Gasteiger partial charge in [0.2, 0.25) is 0 Å². The maximum Gasteiger partial charge on any atom is 0.103 e. The van der Waals surface area contributed by atoms with E-state index in [-0.39, 0.29) is 0 Å². The summed E-state index contributed by atoms with van der Waals surface area (Å²) in [6.07, 6.45) is 21.3. The molecule has 0 amide bonds. The Labute approximate surface area is 208 Å². The molecule has 0 nitrogen and oxygen atoms in total. The molecule has 0 aromatic heterocycles. The summed E-state index contributed by atoms with van der Waals surface area (Å²) < 4.78 is 12.8. The highest BCUT2D eigenvalue weighted by Gasteiger charge is 2.24. The highest BCUT2D eigenvalue weighted by molar-refractivity contribution is 5.02. The summed E-state index contributed by atoms with van der Waals surface area (Å²) in [6, 6.07) is 0. The Morgan fingerprint density at radius 1 is 0.545 bits per heavy atom. The van der Waals surface area contributed by atoms with Crippen LogP contribution in [0.2, 0.25) is 0 Å².